The monoisotopic (exact) mass is 190 g/mol. The van der Waals surface area contributed by atoms with Crippen molar-refractivity contribution in [3.8, 4) is 0 Å². The maximum atomic E-state index is 11.7. The minimum atomic E-state index is 0.0442. The Morgan fingerprint density at radius 3 is 3.00 bits per heavy atom. The number of carbonyl (C=O) groups is 1. The van der Waals surface area contributed by atoms with E-state index >= 15 is 0 Å². The molecule has 0 saturated heterocycles. The van der Waals surface area contributed by atoms with Crippen LogP contribution in [0.2, 0.25) is 0 Å². The van der Waals surface area contributed by atoms with Crippen molar-refractivity contribution in [2.75, 3.05) is 0 Å². The number of nitrogens with zero attached hydrogens (tertiary/aromatic N) is 1. The Labute approximate surface area is 83.3 Å². The summed E-state index contributed by atoms with van der Waals surface area (Å²) in [6.45, 7) is 0. The molecule has 0 aliphatic heterocycles. The van der Waals surface area contributed by atoms with Gasteiger partial charge in [-0.05, 0) is 30.9 Å². The normalized spacial score (nSPS) is 17.8. The van der Waals surface area contributed by atoms with Crippen molar-refractivity contribution in [3.63, 3.8) is 0 Å². The van der Waals surface area contributed by atoms with Crippen molar-refractivity contribution < 1.29 is 4.79 Å². The van der Waals surface area contributed by atoms with Crippen molar-refractivity contribution in [2.45, 2.75) is 25.3 Å². The lowest BCUT2D eigenvalue weighted by Crippen LogP contribution is -2.25. The van der Waals surface area contributed by atoms with Crippen LogP contribution in [0.15, 0.2) is 24.5 Å². The van der Waals surface area contributed by atoms with Crippen molar-refractivity contribution in [1.29, 1.82) is 0 Å². The molecular weight excluding hydrogens is 176 g/mol. The highest BCUT2D eigenvalue weighted by atomic mass is 16.1. The Morgan fingerprint density at radius 1 is 1.64 bits per heavy atom. The number of aromatic nitrogens is 1. The topological polar surface area (TPSA) is 56.0 Å². The molecule has 1 fully saturated rings. The van der Waals surface area contributed by atoms with Crippen molar-refractivity contribution in [3.05, 3.63) is 30.1 Å². The molecule has 1 saturated carbocycles. The van der Waals surface area contributed by atoms with Gasteiger partial charge in [0, 0.05) is 30.4 Å². The number of rotatable bonds is 4. The average Bonchev–Trinajstić information content (AvgIpc) is 3.02. The highest BCUT2D eigenvalue weighted by Crippen LogP contribution is 2.33. The van der Waals surface area contributed by atoms with Crippen LogP contribution in [-0.4, -0.2) is 16.8 Å². The maximum absolute atomic E-state index is 11.7. The van der Waals surface area contributed by atoms with E-state index in [1.165, 1.54) is 12.8 Å². The first-order valence-corrected chi connectivity index (χ1v) is 4.96. The quantitative estimate of drug-likeness (QED) is 0.730. The van der Waals surface area contributed by atoms with Gasteiger partial charge in [-0.25, -0.2) is 0 Å². The molecule has 1 aliphatic carbocycles. The number of Topliss-reactive ketones (excluding diaryl/α,β-unsaturated/α-hetero) is 1. The van der Waals surface area contributed by atoms with Crippen molar-refractivity contribution >= 4 is 5.78 Å². The minimum absolute atomic E-state index is 0.0442. The third-order valence-electron chi connectivity index (χ3n) is 2.63. The molecule has 3 heteroatoms. The summed E-state index contributed by atoms with van der Waals surface area (Å²) in [4.78, 5) is 15.6. The van der Waals surface area contributed by atoms with Crippen LogP contribution in [0.25, 0.3) is 0 Å². The Bertz CT molecular complexity index is 319. The number of ketones is 1. The second kappa shape index (κ2) is 3.88. The summed E-state index contributed by atoms with van der Waals surface area (Å²) in [6.07, 6.45) is 6.08. The maximum Gasteiger partial charge on any atom is 0.165 e. The van der Waals surface area contributed by atoms with Crippen LogP contribution in [0, 0.1) is 5.92 Å². The summed E-state index contributed by atoms with van der Waals surface area (Å²) in [7, 11) is 0. The van der Waals surface area contributed by atoms with Gasteiger partial charge in [0.2, 0.25) is 0 Å². The summed E-state index contributed by atoms with van der Waals surface area (Å²) in [6, 6.07) is 3.60. The molecule has 0 aromatic carbocycles. The molecule has 1 unspecified atom stereocenters. The van der Waals surface area contributed by atoms with Crippen LogP contribution in [0.1, 0.15) is 29.6 Å². The molecule has 74 valence electrons. The summed E-state index contributed by atoms with van der Waals surface area (Å²) >= 11 is 0. The molecule has 0 bridgehead atoms. The first kappa shape index (κ1) is 9.34. The Morgan fingerprint density at radius 2 is 2.43 bits per heavy atom. The van der Waals surface area contributed by atoms with Crippen molar-refractivity contribution in [1.82, 2.24) is 4.98 Å². The molecule has 0 amide bonds. The van der Waals surface area contributed by atoms with Crippen LogP contribution in [-0.2, 0) is 0 Å². The van der Waals surface area contributed by atoms with Crippen LogP contribution < -0.4 is 5.73 Å². The highest BCUT2D eigenvalue weighted by Gasteiger charge is 2.29. The summed E-state index contributed by atoms with van der Waals surface area (Å²) in [5.41, 5.74) is 6.55. The van der Waals surface area contributed by atoms with Gasteiger partial charge in [-0.3, -0.25) is 9.78 Å². The first-order chi connectivity index (χ1) is 6.77. The molecular formula is C11H14N2O. The second-order valence-corrected chi connectivity index (χ2v) is 3.87. The minimum Gasteiger partial charge on any atom is -0.327 e. The fraction of sp³-hybridized carbons (Fsp3) is 0.455. The number of hydrogen-bond donors (Lipinski definition) is 1. The summed E-state index contributed by atoms with van der Waals surface area (Å²) in [5.74, 6) is 0.688. The van der Waals surface area contributed by atoms with Crippen LogP contribution in [0.4, 0.5) is 0 Å². The van der Waals surface area contributed by atoms with Gasteiger partial charge in [0.15, 0.2) is 5.78 Å². The standard InChI is InChI=1S/C11H14N2O/c12-10(8-3-4-8)6-11(14)9-2-1-5-13-7-9/h1-2,5,7-8,10H,3-4,6,12H2. The number of hydrogen-bond acceptors (Lipinski definition) is 3. The largest absolute Gasteiger partial charge is 0.327 e. The Kier molecular flexibility index (Phi) is 2.59. The third kappa shape index (κ3) is 2.17. The molecule has 3 nitrogen and oxygen atoms in total. The molecule has 1 aromatic heterocycles. The number of nitrogens with two attached hydrogens (primary N) is 1. The highest BCUT2D eigenvalue weighted by molar-refractivity contribution is 5.96. The predicted octanol–water partition coefficient (Wildman–Crippen LogP) is 1.39. The molecule has 2 rings (SSSR count). The fourth-order valence-corrected chi connectivity index (χ4v) is 1.55. The van der Waals surface area contributed by atoms with Gasteiger partial charge in [-0.15, -0.1) is 0 Å². The smallest absolute Gasteiger partial charge is 0.165 e. The number of pyridine rings is 1. The lowest BCUT2D eigenvalue weighted by atomic mass is 10.0. The Balaban J connectivity index is 1.95. The van der Waals surface area contributed by atoms with E-state index in [1.807, 2.05) is 0 Å². The Hall–Kier alpha value is -1.22. The summed E-state index contributed by atoms with van der Waals surface area (Å²) < 4.78 is 0. The van der Waals surface area contributed by atoms with E-state index in [-0.39, 0.29) is 11.8 Å². The van der Waals surface area contributed by atoms with Gasteiger partial charge in [-0.1, -0.05) is 0 Å². The molecule has 2 N–H and O–H groups in total. The van der Waals surface area contributed by atoms with E-state index in [0.717, 1.165) is 0 Å². The van der Waals surface area contributed by atoms with Gasteiger partial charge >= 0.3 is 0 Å². The molecule has 1 aromatic rings. The van der Waals surface area contributed by atoms with Crippen molar-refractivity contribution in [2.24, 2.45) is 11.7 Å². The van der Waals surface area contributed by atoms with E-state index in [2.05, 4.69) is 4.98 Å². The second-order valence-electron chi connectivity index (χ2n) is 3.87. The van der Waals surface area contributed by atoms with Crippen LogP contribution >= 0.6 is 0 Å². The molecule has 0 spiro atoms. The van der Waals surface area contributed by atoms with Gasteiger partial charge < -0.3 is 5.73 Å². The zero-order chi connectivity index (χ0) is 9.97. The lowest BCUT2D eigenvalue weighted by molar-refractivity contribution is 0.0971. The first-order valence-electron chi connectivity index (χ1n) is 4.96. The predicted molar refractivity (Wildman–Crippen MR) is 53.9 cm³/mol. The van der Waals surface area contributed by atoms with Crippen LogP contribution in [0.5, 0.6) is 0 Å². The van der Waals surface area contributed by atoms with E-state index in [9.17, 15) is 4.79 Å². The van der Waals surface area contributed by atoms with Crippen LogP contribution in [0.3, 0.4) is 0 Å². The van der Waals surface area contributed by atoms with Gasteiger partial charge in [0.1, 0.15) is 0 Å². The zero-order valence-corrected chi connectivity index (χ0v) is 8.02. The molecule has 14 heavy (non-hydrogen) atoms. The average molecular weight is 190 g/mol. The van der Waals surface area contributed by atoms with Gasteiger partial charge in [-0.2, -0.15) is 0 Å². The zero-order valence-electron chi connectivity index (χ0n) is 8.02. The molecule has 1 aliphatic rings. The molecule has 0 radical (unpaired) electrons. The SMILES string of the molecule is NC(CC(=O)c1cccnc1)C1CC1. The molecule has 1 atom stereocenters. The summed E-state index contributed by atoms with van der Waals surface area (Å²) in [5, 5.41) is 0. The van der Waals surface area contributed by atoms with Gasteiger partial charge in [0.25, 0.3) is 0 Å². The lowest BCUT2D eigenvalue weighted by Gasteiger charge is -2.08. The fourth-order valence-electron chi connectivity index (χ4n) is 1.55. The third-order valence-corrected chi connectivity index (χ3v) is 2.63. The van der Waals surface area contributed by atoms with E-state index < -0.39 is 0 Å². The van der Waals surface area contributed by atoms with E-state index in [4.69, 9.17) is 5.73 Å². The van der Waals surface area contributed by atoms with Gasteiger partial charge in [0.05, 0.1) is 0 Å². The van der Waals surface area contributed by atoms with E-state index in [1.54, 1.807) is 24.5 Å². The molecule has 1 heterocycles. The van der Waals surface area contributed by atoms with E-state index in [0.29, 0.717) is 17.9 Å². The number of carbonyl (C=O) groups excluding carboxylic acids is 1.